The standard InChI is InChI=1S/2C26H26N6O2.C26H24N6O2.C24H24N6O3S/c1-2-7-22(33)31-15-6-8-19(16-31)32-26-23(25(27)28-17-29-26)24(30-32)18-11-13-21(14-12-18)34-20-9-4-3-5-10-20;2*1-2-22(33)30-18-10-12-19(13-11-18)32-26-23(25(27)28-16-29-26)24(31-32)17-8-14-21(15-9-17)34-20-6-4-3-5-7-20;1-2-34(31,32)29-14-6-7-18(15-29)30-24-21(23(25)26-16-27-24)22(28-30)17-10-12-20(13-11-17)33-19-8-4-3-5-9-19/h2-5,7,9-14,17,19H,6,8,15-16H2,1H3,(H2,27,28,29);2-9,14-16,18-19H,1,10-13H2,(H,30,33)(H2,27,28,29);1,3-9,14-16,18-19H,10-13H2,(H,30,33)(H2,27,28,29);2-5,8-13,16,18H,1,6-7,14-15H2,(H2,25,26,27)/b7-2+;;;/t19-;;;18-/m1..1/s1. The monoisotopic (exact) mass is 1840 g/mol. The van der Waals surface area contributed by atoms with E-state index in [1.807, 2.05) is 244 Å². The van der Waals surface area contributed by atoms with Crippen LogP contribution in [0.25, 0.3) is 89.2 Å². The largest absolute Gasteiger partial charge is 0.457 e. The first kappa shape index (κ1) is 91.4. The van der Waals surface area contributed by atoms with Crippen LogP contribution in [-0.4, -0.2) is 153 Å². The highest BCUT2D eigenvalue weighted by Crippen LogP contribution is 2.43. The van der Waals surface area contributed by atoms with Crippen LogP contribution in [-0.2, 0) is 24.4 Å². The molecule has 10 N–H and O–H groups in total. The minimum atomic E-state index is -3.51. The number of benzene rings is 8. The van der Waals surface area contributed by atoms with Gasteiger partial charge in [0.2, 0.25) is 21.8 Å². The Hall–Kier alpha value is -16.5. The first-order valence-electron chi connectivity index (χ1n) is 44.9. The smallest absolute Gasteiger partial charge is 0.295 e. The topological polar surface area (TPSA) is 431 Å². The molecule has 33 nitrogen and oxygen atoms in total. The first-order valence-corrected chi connectivity index (χ1v) is 46.4. The molecule has 16 aromatic rings. The van der Waals surface area contributed by atoms with Gasteiger partial charge in [-0.05, 0) is 248 Å². The number of carbonyl (C=O) groups is 3. The number of carbonyl (C=O) groups excluding carboxylic acids is 3. The Balaban J connectivity index is 0.000000126. The molecule has 0 bridgehead atoms. The van der Waals surface area contributed by atoms with Gasteiger partial charge in [0.15, 0.2) is 22.6 Å². The average Bonchev–Trinajstić information content (AvgIpc) is 1.62. The Bertz CT molecular complexity index is 7130. The number of terminal acetylenes is 1. The van der Waals surface area contributed by atoms with Crippen molar-refractivity contribution in [2.75, 3.05) is 49.1 Å². The van der Waals surface area contributed by atoms with Gasteiger partial charge in [0.25, 0.3) is 5.91 Å². The second-order valence-electron chi connectivity index (χ2n) is 33.0. The summed E-state index contributed by atoms with van der Waals surface area (Å²) < 4.78 is 57.4. The molecule has 34 heteroatoms. The highest BCUT2D eigenvalue weighted by molar-refractivity contribution is 7.92. The van der Waals surface area contributed by atoms with Crippen LogP contribution in [0.5, 0.6) is 46.0 Å². The molecule has 2 saturated heterocycles. The molecule has 2 aliphatic carbocycles. The van der Waals surface area contributed by atoms with E-state index in [9.17, 15) is 22.8 Å². The lowest BCUT2D eigenvalue weighted by molar-refractivity contribution is -0.127. The second kappa shape index (κ2) is 41.9. The van der Waals surface area contributed by atoms with Gasteiger partial charge in [-0.2, -0.15) is 24.7 Å². The molecule has 8 aromatic carbocycles. The predicted molar refractivity (Wildman–Crippen MR) is 523 cm³/mol. The number of para-hydroxylation sites is 4. The summed E-state index contributed by atoms with van der Waals surface area (Å²) in [7, 11) is -3.51. The van der Waals surface area contributed by atoms with Crippen LogP contribution in [0.3, 0.4) is 0 Å². The minimum Gasteiger partial charge on any atom is -0.457 e. The molecule has 3 amide bonds. The van der Waals surface area contributed by atoms with Gasteiger partial charge in [0.1, 0.15) is 117 Å². The SMILES string of the molecule is C#CC(=O)NC1CCC(n2nc(-c3ccc(Oc4ccccc4)cc3)c3c(N)ncnc32)CC1.C/C=C/C(=O)N1CCC[C@@H](n2nc(-c3ccc(Oc4ccccc4)cc3)c3c(N)ncnc32)C1.C=CC(=O)NC1CCC(n2nc(-c3ccc(Oc4ccccc4)cc3)c3c(N)ncnc32)CC1.C=CS(=O)(=O)N1CCC[C@@H](n2nc(-c3ccc(Oc4ccccc4)cc3)c3c(N)ncnc32)C1. The number of hydrogen-bond donors (Lipinski definition) is 6. The van der Waals surface area contributed by atoms with Crippen LogP contribution < -0.4 is 52.5 Å². The van der Waals surface area contributed by atoms with Crippen LogP contribution >= 0.6 is 0 Å². The highest BCUT2D eigenvalue weighted by Gasteiger charge is 2.35. The van der Waals surface area contributed by atoms with Crippen molar-refractivity contribution in [3.05, 3.63) is 280 Å². The van der Waals surface area contributed by atoms with Gasteiger partial charge < -0.3 is 57.4 Å². The Labute approximate surface area is 784 Å². The van der Waals surface area contributed by atoms with Crippen molar-refractivity contribution in [2.24, 2.45) is 0 Å². The number of rotatable bonds is 22. The third-order valence-corrected chi connectivity index (χ3v) is 25.7. The third-order valence-electron chi connectivity index (χ3n) is 24.2. The third kappa shape index (κ3) is 21.0. The summed E-state index contributed by atoms with van der Waals surface area (Å²) in [5, 5.41) is 29.4. The number of ether oxygens (including phenoxy) is 4. The number of fused-ring (bicyclic) bond motifs is 4. The highest BCUT2D eigenvalue weighted by atomic mass is 32.2. The molecule has 0 spiro atoms. The Kier molecular flexibility index (Phi) is 28.2. The maximum atomic E-state index is 12.4. The van der Waals surface area contributed by atoms with Gasteiger partial charge in [0.05, 0.1) is 45.7 Å². The molecule has 2 atom stereocenters. The molecule has 2 aliphatic heterocycles. The van der Waals surface area contributed by atoms with Crippen LogP contribution in [0.2, 0.25) is 0 Å². The summed E-state index contributed by atoms with van der Waals surface area (Å²) in [5.74, 6) is 9.12. The Morgan fingerprint density at radius 2 is 0.699 bits per heavy atom. The van der Waals surface area contributed by atoms with E-state index >= 15 is 0 Å². The molecule has 8 aromatic heterocycles. The van der Waals surface area contributed by atoms with E-state index in [0.717, 1.165) is 184 Å². The van der Waals surface area contributed by atoms with Crippen molar-refractivity contribution in [3.8, 4) is 103 Å². The van der Waals surface area contributed by atoms with Crippen molar-refractivity contribution < 1.29 is 41.7 Å². The maximum Gasteiger partial charge on any atom is 0.295 e. The van der Waals surface area contributed by atoms with Crippen molar-refractivity contribution in [1.82, 2.24) is 98.8 Å². The fraction of sp³-hybridized carbons (Fsp3) is 0.225. The second-order valence-corrected chi connectivity index (χ2v) is 34.9. The van der Waals surface area contributed by atoms with Crippen LogP contribution in [0.15, 0.2) is 280 Å². The molecule has 20 rings (SSSR count). The number of nitrogens with one attached hydrogen (secondary N) is 2. The van der Waals surface area contributed by atoms with Crippen molar-refractivity contribution in [1.29, 1.82) is 0 Å². The van der Waals surface area contributed by atoms with E-state index in [1.165, 1.54) is 35.7 Å². The number of allylic oxidation sites excluding steroid dienone is 1. The zero-order chi connectivity index (χ0) is 94.2. The van der Waals surface area contributed by atoms with Gasteiger partial charge in [-0.1, -0.05) is 92.0 Å². The fourth-order valence-corrected chi connectivity index (χ4v) is 18.5. The number of nitrogens with two attached hydrogens (primary N) is 4. The molecule has 136 heavy (non-hydrogen) atoms. The van der Waals surface area contributed by atoms with Gasteiger partial charge in [-0.15, -0.1) is 6.42 Å². The molecule has 2 saturated carbocycles. The number of piperidine rings is 2. The molecule has 4 aliphatic rings. The number of aromatic nitrogens is 16. The van der Waals surface area contributed by atoms with Gasteiger partial charge in [-0.25, -0.2) is 67.0 Å². The molecule has 0 unspecified atom stereocenters. The molecule has 688 valence electrons. The van der Waals surface area contributed by atoms with E-state index in [2.05, 4.69) is 69.6 Å². The number of anilines is 4. The quantitative estimate of drug-likeness (QED) is 0.0271. The Morgan fingerprint density at radius 1 is 0.397 bits per heavy atom. The van der Waals surface area contributed by atoms with Crippen LogP contribution in [0, 0.1) is 12.3 Å². The number of amides is 3. The summed E-state index contributed by atoms with van der Waals surface area (Å²) in [6.45, 7) is 10.9. The van der Waals surface area contributed by atoms with E-state index < -0.39 is 10.0 Å². The molecule has 4 fully saturated rings. The molecule has 10 heterocycles. The van der Waals surface area contributed by atoms with E-state index in [1.54, 1.807) is 16.8 Å². The summed E-state index contributed by atoms with van der Waals surface area (Å²) in [6, 6.07) is 69.6. The van der Waals surface area contributed by atoms with Gasteiger partial charge in [0, 0.05) is 65.9 Å². The fourth-order valence-electron chi connectivity index (χ4n) is 17.5. The maximum absolute atomic E-state index is 12.4. The van der Waals surface area contributed by atoms with E-state index in [4.69, 9.17) is 68.7 Å². The summed E-state index contributed by atoms with van der Waals surface area (Å²) in [5.41, 5.74) is 34.1. The van der Waals surface area contributed by atoms with E-state index in [0.29, 0.717) is 83.1 Å². The normalized spacial score (nSPS) is 17.2. The summed E-state index contributed by atoms with van der Waals surface area (Å²) in [4.78, 5) is 72.2. The minimum absolute atomic E-state index is 0.00851. The number of hydrogen-bond acceptors (Lipinski definition) is 25. The van der Waals surface area contributed by atoms with Crippen molar-refractivity contribution in [3.63, 3.8) is 0 Å². The molecular weight excluding hydrogens is 1740 g/mol. The zero-order valence-electron chi connectivity index (χ0n) is 74.6. The van der Waals surface area contributed by atoms with E-state index in [-0.39, 0.29) is 54.0 Å². The number of likely N-dealkylation sites (tertiary alicyclic amines) is 1. The summed E-state index contributed by atoms with van der Waals surface area (Å²) in [6.07, 6.45) is 25.8. The van der Waals surface area contributed by atoms with Crippen molar-refractivity contribution >= 4 is 95.1 Å². The lowest BCUT2D eigenvalue weighted by Crippen LogP contribution is -2.40. The first-order chi connectivity index (χ1) is 66.3. The van der Waals surface area contributed by atoms with Crippen LogP contribution in [0.1, 0.15) is 108 Å². The van der Waals surface area contributed by atoms with Gasteiger partial charge in [-0.3, -0.25) is 14.4 Å². The summed E-state index contributed by atoms with van der Waals surface area (Å²) >= 11 is 0. The number of nitrogen functional groups attached to an aromatic ring is 4. The zero-order valence-corrected chi connectivity index (χ0v) is 75.4. The van der Waals surface area contributed by atoms with Gasteiger partial charge >= 0.3 is 0 Å². The van der Waals surface area contributed by atoms with Crippen molar-refractivity contribution in [2.45, 2.75) is 120 Å². The van der Waals surface area contributed by atoms with Crippen LogP contribution in [0.4, 0.5) is 23.3 Å². The number of nitrogens with zero attached hydrogens (tertiary/aromatic N) is 18. The number of sulfonamides is 1. The average molecular weight is 1840 g/mol. The Morgan fingerprint density at radius 3 is 1.01 bits per heavy atom. The lowest BCUT2D eigenvalue weighted by atomic mass is 9.91. The molecular formula is C102H100N24O9S. The predicted octanol–water partition coefficient (Wildman–Crippen LogP) is 17.3. The lowest BCUT2D eigenvalue weighted by Gasteiger charge is -2.32. The molecule has 0 radical (unpaired) electrons.